The number of nitrogens with two attached hydrogens (primary N) is 1. The van der Waals surface area contributed by atoms with Crippen LogP contribution in [-0.4, -0.2) is 21.4 Å². The van der Waals surface area contributed by atoms with Crippen molar-refractivity contribution < 1.29 is 5.11 Å². The molecule has 1 heterocycles. The van der Waals surface area contributed by atoms with Crippen LogP contribution in [0.3, 0.4) is 0 Å². The molecule has 1 atom stereocenters. The Hall–Kier alpha value is -1.65. The van der Waals surface area contributed by atoms with Gasteiger partial charge in [0.1, 0.15) is 5.60 Å². The number of hydrogen-bond donors (Lipinski definition) is 2. The van der Waals surface area contributed by atoms with Gasteiger partial charge in [-0.15, -0.1) is 0 Å². The average Bonchev–Trinajstić information content (AvgIpc) is 3.16. The summed E-state index contributed by atoms with van der Waals surface area (Å²) in [5.41, 5.74) is 6.58. The van der Waals surface area contributed by atoms with Gasteiger partial charge in [0.25, 0.3) is 0 Å². The highest BCUT2D eigenvalue weighted by Crippen LogP contribution is 2.45. The number of nitrogens with zero attached hydrogens (tertiary/aromatic N) is 2. The number of benzene rings is 1. The largest absolute Gasteiger partial charge is 0.382 e. The molecule has 3 N–H and O–H groups in total. The van der Waals surface area contributed by atoms with Gasteiger partial charge in [-0.1, -0.05) is 18.2 Å². The molecule has 1 unspecified atom stereocenters. The standard InChI is InChI=1S/C14H17N3O/c15-10-14(18,11-6-7-11)13-8-9-16-17(13)12-4-2-1-3-5-12/h1-5,8-9,11,18H,6-7,10,15H2. The van der Waals surface area contributed by atoms with E-state index in [0.717, 1.165) is 24.2 Å². The molecule has 0 aliphatic heterocycles. The first-order chi connectivity index (χ1) is 8.75. The Labute approximate surface area is 106 Å². The number of hydrogen-bond acceptors (Lipinski definition) is 3. The first kappa shape index (κ1) is 11.4. The van der Waals surface area contributed by atoms with Gasteiger partial charge in [-0.25, -0.2) is 4.68 Å². The number of rotatable bonds is 4. The van der Waals surface area contributed by atoms with Crippen molar-refractivity contribution in [2.24, 2.45) is 11.7 Å². The second-order valence-electron chi connectivity index (χ2n) is 4.87. The minimum Gasteiger partial charge on any atom is -0.382 e. The van der Waals surface area contributed by atoms with Crippen LogP contribution in [0, 0.1) is 5.92 Å². The van der Waals surface area contributed by atoms with E-state index in [-0.39, 0.29) is 12.5 Å². The highest BCUT2D eigenvalue weighted by atomic mass is 16.3. The van der Waals surface area contributed by atoms with Crippen LogP contribution in [0.1, 0.15) is 18.5 Å². The van der Waals surface area contributed by atoms with Gasteiger partial charge in [0.2, 0.25) is 0 Å². The van der Waals surface area contributed by atoms with Crippen LogP contribution in [0.5, 0.6) is 0 Å². The van der Waals surface area contributed by atoms with E-state index in [1.54, 1.807) is 10.9 Å². The third kappa shape index (κ3) is 1.74. The molecule has 0 spiro atoms. The fraction of sp³-hybridized carbons (Fsp3) is 0.357. The Kier molecular flexibility index (Phi) is 2.69. The van der Waals surface area contributed by atoms with Crippen molar-refractivity contribution in [2.75, 3.05) is 6.54 Å². The molecular weight excluding hydrogens is 226 g/mol. The highest BCUT2D eigenvalue weighted by molar-refractivity contribution is 5.34. The Bertz CT molecular complexity index is 533. The van der Waals surface area contributed by atoms with Crippen LogP contribution in [0.15, 0.2) is 42.6 Å². The van der Waals surface area contributed by atoms with Crippen molar-refractivity contribution >= 4 is 0 Å². The van der Waals surface area contributed by atoms with Crippen LogP contribution < -0.4 is 5.73 Å². The Morgan fingerprint density at radius 1 is 1.28 bits per heavy atom. The molecule has 3 rings (SSSR count). The molecule has 1 aromatic heterocycles. The lowest BCUT2D eigenvalue weighted by Crippen LogP contribution is -2.39. The molecule has 4 nitrogen and oxygen atoms in total. The summed E-state index contributed by atoms with van der Waals surface area (Å²) in [7, 11) is 0. The molecule has 0 radical (unpaired) electrons. The van der Waals surface area contributed by atoms with Crippen LogP contribution >= 0.6 is 0 Å². The third-order valence-corrected chi connectivity index (χ3v) is 3.65. The van der Waals surface area contributed by atoms with Crippen molar-refractivity contribution in [1.82, 2.24) is 9.78 Å². The van der Waals surface area contributed by atoms with Crippen LogP contribution in [0.4, 0.5) is 0 Å². The zero-order valence-electron chi connectivity index (χ0n) is 10.2. The molecule has 18 heavy (non-hydrogen) atoms. The molecule has 0 amide bonds. The first-order valence-electron chi connectivity index (χ1n) is 6.28. The quantitative estimate of drug-likeness (QED) is 0.853. The maximum absolute atomic E-state index is 10.8. The van der Waals surface area contributed by atoms with E-state index in [1.807, 2.05) is 36.4 Å². The van der Waals surface area contributed by atoms with Crippen molar-refractivity contribution in [1.29, 1.82) is 0 Å². The van der Waals surface area contributed by atoms with Gasteiger partial charge in [0.15, 0.2) is 0 Å². The van der Waals surface area contributed by atoms with Gasteiger partial charge < -0.3 is 10.8 Å². The molecular formula is C14H17N3O. The second kappa shape index (κ2) is 4.23. The van der Waals surface area contributed by atoms with Crippen molar-refractivity contribution in [3.8, 4) is 5.69 Å². The molecule has 94 valence electrons. The van der Waals surface area contributed by atoms with E-state index in [1.165, 1.54) is 0 Å². The molecule has 1 aliphatic carbocycles. The molecule has 1 saturated carbocycles. The van der Waals surface area contributed by atoms with E-state index >= 15 is 0 Å². The summed E-state index contributed by atoms with van der Waals surface area (Å²) < 4.78 is 1.78. The lowest BCUT2D eigenvalue weighted by Gasteiger charge is -2.27. The molecule has 0 bridgehead atoms. The normalized spacial score (nSPS) is 18.6. The zero-order valence-corrected chi connectivity index (χ0v) is 10.2. The molecule has 1 aromatic carbocycles. The summed E-state index contributed by atoms with van der Waals surface area (Å²) in [5, 5.41) is 15.1. The number of aromatic nitrogens is 2. The summed E-state index contributed by atoms with van der Waals surface area (Å²) in [6, 6.07) is 11.7. The lowest BCUT2D eigenvalue weighted by molar-refractivity contribution is 0.0156. The Morgan fingerprint density at radius 2 is 2.00 bits per heavy atom. The SMILES string of the molecule is NCC(O)(c1ccnn1-c1ccccc1)C1CC1. The lowest BCUT2D eigenvalue weighted by atomic mass is 9.93. The predicted molar refractivity (Wildman–Crippen MR) is 69.2 cm³/mol. The van der Waals surface area contributed by atoms with Crippen molar-refractivity contribution in [2.45, 2.75) is 18.4 Å². The Balaban J connectivity index is 2.06. The molecule has 4 heteroatoms. The molecule has 2 aromatic rings. The second-order valence-corrected chi connectivity index (χ2v) is 4.87. The fourth-order valence-electron chi connectivity index (χ4n) is 2.45. The van der Waals surface area contributed by atoms with Gasteiger partial charge in [-0.2, -0.15) is 5.10 Å². The van der Waals surface area contributed by atoms with E-state index < -0.39 is 5.60 Å². The maximum atomic E-state index is 10.8. The summed E-state index contributed by atoms with van der Waals surface area (Å²) in [5.74, 6) is 0.265. The Morgan fingerprint density at radius 3 is 2.61 bits per heavy atom. The van der Waals surface area contributed by atoms with Gasteiger partial charge in [-0.3, -0.25) is 0 Å². The van der Waals surface area contributed by atoms with Gasteiger partial charge >= 0.3 is 0 Å². The van der Waals surface area contributed by atoms with Gasteiger partial charge in [0.05, 0.1) is 11.4 Å². The van der Waals surface area contributed by atoms with Crippen molar-refractivity contribution in [3.05, 3.63) is 48.3 Å². The summed E-state index contributed by atoms with van der Waals surface area (Å²) in [4.78, 5) is 0. The van der Waals surface area contributed by atoms with Crippen molar-refractivity contribution in [3.63, 3.8) is 0 Å². The molecule has 0 saturated heterocycles. The summed E-state index contributed by atoms with van der Waals surface area (Å²) >= 11 is 0. The summed E-state index contributed by atoms with van der Waals surface area (Å²) in [6.07, 6.45) is 3.78. The van der Waals surface area contributed by atoms with Gasteiger partial charge in [0, 0.05) is 12.7 Å². The van der Waals surface area contributed by atoms with Crippen LogP contribution in [0.25, 0.3) is 5.69 Å². The highest BCUT2D eigenvalue weighted by Gasteiger charge is 2.46. The third-order valence-electron chi connectivity index (χ3n) is 3.65. The zero-order chi connectivity index (χ0) is 12.6. The first-order valence-corrected chi connectivity index (χ1v) is 6.28. The maximum Gasteiger partial charge on any atom is 0.121 e. The minimum absolute atomic E-state index is 0.232. The summed E-state index contributed by atoms with van der Waals surface area (Å²) in [6.45, 7) is 0.232. The van der Waals surface area contributed by atoms with E-state index in [9.17, 15) is 5.11 Å². The molecule has 1 aliphatic rings. The smallest absolute Gasteiger partial charge is 0.121 e. The van der Waals surface area contributed by atoms with E-state index in [0.29, 0.717) is 0 Å². The fourth-order valence-corrected chi connectivity index (χ4v) is 2.45. The monoisotopic (exact) mass is 243 g/mol. The van der Waals surface area contributed by atoms with Crippen LogP contribution in [0.2, 0.25) is 0 Å². The van der Waals surface area contributed by atoms with E-state index in [2.05, 4.69) is 5.10 Å². The van der Waals surface area contributed by atoms with Gasteiger partial charge in [-0.05, 0) is 37.0 Å². The topological polar surface area (TPSA) is 64.1 Å². The predicted octanol–water partition coefficient (Wildman–Crippen LogP) is 1.43. The van der Waals surface area contributed by atoms with E-state index in [4.69, 9.17) is 5.73 Å². The molecule has 1 fully saturated rings. The van der Waals surface area contributed by atoms with Crippen LogP contribution in [-0.2, 0) is 5.60 Å². The number of aliphatic hydroxyl groups is 1. The average molecular weight is 243 g/mol. The minimum atomic E-state index is -0.952. The number of para-hydroxylation sites is 1.